The maximum Gasteiger partial charge on any atom is 0.0611 e. The fraction of sp³-hybridized carbons (Fsp3) is 1.00. The first kappa shape index (κ1) is 16.3. The molecule has 3 nitrogen and oxygen atoms in total. The zero-order chi connectivity index (χ0) is 14.5. The topological polar surface area (TPSA) is 49.5 Å². The maximum atomic E-state index is 9.35. The Morgan fingerprint density at radius 3 is 2.30 bits per heavy atom. The van der Waals surface area contributed by atoms with Crippen LogP contribution in [0, 0.1) is 5.41 Å². The second kappa shape index (κ2) is 7.24. The van der Waals surface area contributed by atoms with Crippen molar-refractivity contribution in [3.63, 3.8) is 0 Å². The summed E-state index contributed by atoms with van der Waals surface area (Å²) in [5, 5.41) is 9.35. The van der Waals surface area contributed by atoms with Gasteiger partial charge in [0, 0.05) is 5.54 Å². The van der Waals surface area contributed by atoms with Gasteiger partial charge in [0.1, 0.15) is 0 Å². The summed E-state index contributed by atoms with van der Waals surface area (Å²) >= 11 is 0. The monoisotopic (exact) mass is 282 g/mol. The van der Waals surface area contributed by atoms with Crippen molar-refractivity contribution in [2.75, 3.05) is 26.2 Å². The van der Waals surface area contributed by atoms with Crippen molar-refractivity contribution in [3.8, 4) is 0 Å². The number of aliphatic hydroxyl groups excluding tert-OH is 1. The van der Waals surface area contributed by atoms with E-state index in [1.54, 1.807) is 0 Å². The van der Waals surface area contributed by atoms with E-state index in [2.05, 4.69) is 11.8 Å². The molecular formula is C17H34N2O. The Morgan fingerprint density at radius 1 is 1.10 bits per heavy atom. The van der Waals surface area contributed by atoms with Gasteiger partial charge in [-0.05, 0) is 70.0 Å². The molecule has 20 heavy (non-hydrogen) atoms. The average Bonchev–Trinajstić information content (AvgIpc) is 2.50. The summed E-state index contributed by atoms with van der Waals surface area (Å²) in [5.74, 6) is 0. The van der Waals surface area contributed by atoms with Crippen molar-refractivity contribution in [2.24, 2.45) is 11.1 Å². The van der Waals surface area contributed by atoms with Gasteiger partial charge in [0.15, 0.2) is 0 Å². The molecule has 1 aliphatic heterocycles. The van der Waals surface area contributed by atoms with E-state index in [-0.39, 0.29) is 12.1 Å². The summed E-state index contributed by atoms with van der Waals surface area (Å²) in [4.78, 5) is 2.62. The highest BCUT2D eigenvalue weighted by Crippen LogP contribution is 2.44. The van der Waals surface area contributed by atoms with Crippen LogP contribution in [0.4, 0.5) is 0 Å². The highest BCUT2D eigenvalue weighted by molar-refractivity contribution is 4.88. The molecule has 0 aromatic carbocycles. The van der Waals surface area contributed by atoms with Crippen LogP contribution < -0.4 is 5.73 Å². The van der Waals surface area contributed by atoms with E-state index in [0.29, 0.717) is 5.41 Å². The Balaban J connectivity index is 1.67. The second-order valence-corrected chi connectivity index (χ2v) is 7.38. The molecule has 1 unspecified atom stereocenters. The fourth-order valence-corrected chi connectivity index (χ4v) is 4.08. The number of aliphatic hydroxyl groups is 1. The number of rotatable bonds is 6. The van der Waals surface area contributed by atoms with Gasteiger partial charge in [-0.3, -0.25) is 0 Å². The van der Waals surface area contributed by atoms with Crippen LogP contribution in [-0.2, 0) is 0 Å². The first-order valence-electron chi connectivity index (χ1n) is 8.74. The minimum absolute atomic E-state index is 0.118. The number of nitrogens with two attached hydrogens (primary N) is 1. The van der Waals surface area contributed by atoms with Crippen molar-refractivity contribution >= 4 is 0 Å². The van der Waals surface area contributed by atoms with E-state index in [9.17, 15) is 5.11 Å². The Labute approximate surface area is 124 Å². The normalized spacial score (nSPS) is 26.6. The minimum atomic E-state index is -0.347. The maximum absolute atomic E-state index is 9.35. The third-order valence-electron chi connectivity index (χ3n) is 6.00. The Hall–Kier alpha value is -0.120. The van der Waals surface area contributed by atoms with Gasteiger partial charge in [-0.15, -0.1) is 0 Å². The number of nitrogens with zero attached hydrogens (tertiary/aromatic N) is 1. The molecule has 0 aromatic rings. The summed E-state index contributed by atoms with van der Waals surface area (Å²) < 4.78 is 0. The Bertz CT molecular complexity index is 273. The van der Waals surface area contributed by atoms with Crippen LogP contribution in [0.1, 0.15) is 71.1 Å². The van der Waals surface area contributed by atoms with E-state index >= 15 is 0 Å². The lowest BCUT2D eigenvalue weighted by molar-refractivity contribution is 0.0650. The van der Waals surface area contributed by atoms with Gasteiger partial charge in [-0.2, -0.15) is 0 Å². The SMILES string of the molecule is CCC(N)(CO)CCCN1CCC2(CCCCC2)CC1. The van der Waals surface area contributed by atoms with Gasteiger partial charge in [0.25, 0.3) is 0 Å². The molecule has 2 aliphatic rings. The zero-order valence-electron chi connectivity index (χ0n) is 13.4. The molecule has 2 rings (SSSR count). The molecule has 0 radical (unpaired) electrons. The molecule has 3 heteroatoms. The first-order chi connectivity index (χ1) is 9.61. The predicted octanol–water partition coefficient (Wildman–Crippen LogP) is 2.91. The largest absolute Gasteiger partial charge is 0.394 e. The Morgan fingerprint density at radius 2 is 1.75 bits per heavy atom. The van der Waals surface area contributed by atoms with Gasteiger partial charge < -0.3 is 15.7 Å². The molecule has 0 bridgehead atoms. The zero-order valence-corrected chi connectivity index (χ0v) is 13.4. The van der Waals surface area contributed by atoms with Crippen molar-refractivity contribution in [3.05, 3.63) is 0 Å². The second-order valence-electron chi connectivity index (χ2n) is 7.38. The quantitative estimate of drug-likeness (QED) is 0.787. The lowest BCUT2D eigenvalue weighted by Gasteiger charge is -2.44. The lowest BCUT2D eigenvalue weighted by atomic mass is 9.68. The summed E-state index contributed by atoms with van der Waals surface area (Å²) in [6.07, 6.45) is 13.1. The molecule has 1 atom stereocenters. The number of likely N-dealkylation sites (tertiary alicyclic amines) is 1. The van der Waals surface area contributed by atoms with E-state index in [4.69, 9.17) is 5.73 Å². The van der Waals surface area contributed by atoms with Gasteiger partial charge in [0.2, 0.25) is 0 Å². The third kappa shape index (κ3) is 4.19. The summed E-state index contributed by atoms with van der Waals surface area (Å²) in [7, 11) is 0. The first-order valence-corrected chi connectivity index (χ1v) is 8.74. The molecule has 0 amide bonds. The smallest absolute Gasteiger partial charge is 0.0611 e. The molecule has 0 aromatic heterocycles. The average molecular weight is 282 g/mol. The van der Waals surface area contributed by atoms with Crippen molar-refractivity contribution in [1.82, 2.24) is 4.90 Å². The summed E-state index contributed by atoms with van der Waals surface area (Å²) in [6, 6.07) is 0. The van der Waals surface area contributed by atoms with E-state index in [1.165, 1.54) is 58.0 Å². The van der Waals surface area contributed by atoms with Crippen LogP contribution in [0.3, 0.4) is 0 Å². The van der Waals surface area contributed by atoms with E-state index < -0.39 is 0 Å². The highest BCUT2D eigenvalue weighted by atomic mass is 16.3. The molecule has 118 valence electrons. The number of hydrogen-bond acceptors (Lipinski definition) is 3. The van der Waals surface area contributed by atoms with Crippen LogP contribution in [0.25, 0.3) is 0 Å². The van der Waals surface area contributed by atoms with Gasteiger partial charge in [0.05, 0.1) is 6.61 Å². The highest BCUT2D eigenvalue weighted by Gasteiger charge is 2.35. The van der Waals surface area contributed by atoms with Crippen LogP contribution in [0.2, 0.25) is 0 Å². The molecule has 1 heterocycles. The molecule has 1 saturated heterocycles. The van der Waals surface area contributed by atoms with Crippen LogP contribution in [0.5, 0.6) is 0 Å². The van der Waals surface area contributed by atoms with Crippen LogP contribution >= 0.6 is 0 Å². The van der Waals surface area contributed by atoms with E-state index in [1.807, 2.05) is 0 Å². The van der Waals surface area contributed by atoms with Crippen molar-refractivity contribution in [1.29, 1.82) is 0 Å². The van der Waals surface area contributed by atoms with Gasteiger partial charge >= 0.3 is 0 Å². The number of hydrogen-bond donors (Lipinski definition) is 2. The van der Waals surface area contributed by atoms with Gasteiger partial charge in [-0.25, -0.2) is 0 Å². The minimum Gasteiger partial charge on any atom is -0.394 e. The lowest BCUT2D eigenvalue weighted by Crippen LogP contribution is -2.45. The predicted molar refractivity (Wildman–Crippen MR) is 84.7 cm³/mol. The molecular weight excluding hydrogens is 248 g/mol. The summed E-state index contributed by atoms with van der Waals surface area (Å²) in [5.41, 5.74) is 6.52. The standard InChI is InChI=1S/C17H34N2O/c1-2-17(18,15-20)9-6-12-19-13-10-16(11-14-19)7-4-3-5-8-16/h20H,2-15,18H2,1H3. The molecule has 1 saturated carbocycles. The Kier molecular flexibility index (Phi) is 5.88. The fourth-order valence-electron chi connectivity index (χ4n) is 4.08. The van der Waals surface area contributed by atoms with E-state index in [0.717, 1.165) is 25.8 Å². The molecule has 1 spiro atoms. The van der Waals surface area contributed by atoms with Crippen molar-refractivity contribution < 1.29 is 5.11 Å². The molecule has 2 fully saturated rings. The third-order valence-corrected chi connectivity index (χ3v) is 6.00. The van der Waals surface area contributed by atoms with Crippen LogP contribution in [-0.4, -0.2) is 41.8 Å². The van der Waals surface area contributed by atoms with Crippen LogP contribution in [0.15, 0.2) is 0 Å². The van der Waals surface area contributed by atoms with Gasteiger partial charge in [-0.1, -0.05) is 26.2 Å². The summed E-state index contributed by atoms with van der Waals surface area (Å²) in [6.45, 7) is 5.91. The molecule has 3 N–H and O–H groups in total. The molecule has 1 aliphatic carbocycles. The van der Waals surface area contributed by atoms with Crippen molar-refractivity contribution in [2.45, 2.75) is 76.7 Å². The number of piperidine rings is 1.